The van der Waals surface area contributed by atoms with Gasteiger partial charge in [-0.05, 0) is 24.6 Å². The summed E-state index contributed by atoms with van der Waals surface area (Å²) in [6.07, 6.45) is 4.91. The molecule has 6 heteroatoms. The standard InChI is InChI=1S/C14H16N2O3S/c1-3-16-10-11(9-15-16)8-14(17)12-4-6-13(7-5-12)20(2,18)19/h4-7,9-10H,3,8H2,1-2H3. The molecule has 20 heavy (non-hydrogen) atoms. The van der Waals surface area contributed by atoms with E-state index in [1.54, 1.807) is 23.0 Å². The SMILES string of the molecule is CCn1cc(CC(=O)c2ccc(S(C)(=O)=O)cc2)cn1. The summed E-state index contributed by atoms with van der Waals surface area (Å²) < 4.78 is 24.4. The van der Waals surface area contributed by atoms with E-state index in [0.717, 1.165) is 18.4 Å². The number of sulfone groups is 1. The van der Waals surface area contributed by atoms with Crippen molar-refractivity contribution in [2.75, 3.05) is 6.26 Å². The van der Waals surface area contributed by atoms with E-state index in [1.807, 2.05) is 13.1 Å². The van der Waals surface area contributed by atoms with Crippen LogP contribution in [0.15, 0.2) is 41.6 Å². The Balaban J connectivity index is 2.13. The van der Waals surface area contributed by atoms with Gasteiger partial charge in [0.1, 0.15) is 0 Å². The fraction of sp³-hybridized carbons (Fsp3) is 0.286. The molecule has 0 atom stereocenters. The first-order valence-corrected chi connectivity index (χ1v) is 8.14. The Bertz CT molecular complexity index is 715. The molecule has 2 rings (SSSR count). The van der Waals surface area contributed by atoms with Gasteiger partial charge in [0.2, 0.25) is 0 Å². The summed E-state index contributed by atoms with van der Waals surface area (Å²) in [5.74, 6) is -0.0549. The quantitative estimate of drug-likeness (QED) is 0.787. The summed E-state index contributed by atoms with van der Waals surface area (Å²) in [5, 5.41) is 4.11. The average molecular weight is 292 g/mol. The van der Waals surface area contributed by atoms with Crippen LogP contribution in [-0.4, -0.2) is 30.2 Å². The number of aryl methyl sites for hydroxylation is 1. The van der Waals surface area contributed by atoms with Gasteiger partial charge < -0.3 is 0 Å². The summed E-state index contributed by atoms with van der Waals surface area (Å²) in [5.41, 5.74) is 1.35. The van der Waals surface area contributed by atoms with Gasteiger partial charge in [-0.2, -0.15) is 5.10 Å². The zero-order valence-electron chi connectivity index (χ0n) is 11.4. The third-order valence-electron chi connectivity index (χ3n) is 2.98. The normalized spacial score (nSPS) is 11.5. The maximum atomic E-state index is 12.1. The first-order valence-electron chi connectivity index (χ1n) is 6.25. The lowest BCUT2D eigenvalue weighted by atomic mass is 10.1. The lowest BCUT2D eigenvalue weighted by Gasteiger charge is -2.01. The molecular formula is C14H16N2O3S. The molecule has 1 aromatic heterocycles. The fourth-order valence-corrected chi connectivity index (χ4v) is 2.48. The van der Waals surface area contributed by atoms with Crippen LogP contribution in [0.1, 0.15) is 22.8 Å². The third-order valence-corrected chi connectivity index (χ3v) is 4.11. The lowest BCUT2D eigenvalue weighted by molar-refractivity contribution is 0.0993. The smallest absolute Gasteiger partial charge is 0.175 e. The number of aromatic nitrogens is 2. The maximum absolute atomic E-state index is 12.1. The van der Waals surface area contributed by atoms with Gasteiger partial charge in [0, 0.05) is 31.0 Å². The van der Waals surface area contributed by atoms with Crippen LogP contribution in [0.2, 0.25) is 0 Å². The molecule has 2 aromatic rings. The van der Waals surface area contributed by atoms with E-state index >= 15 is 0 Å². The predicted octanol–water partition coefficient (Wildman–Crippen LogP) is 1.73. The lowest BCUT2D eigenvalue weighted by Crippen LogP contribution is -2.04. The summed E-state index contributed by atoms with van der Waals surface area (Å²) >= 11 is 0. The largest absolute Gasteiger partial charge is 0.294 e. The molecule has 1 aromatic carbocycles. The second-order valence-corrected chi connectivity index (χ2v) is 6.62. The highest BCUT2D eigenvalue weighted by Gasteiger charge is 2.11. The molecule has 0 aliphatic carbocycles. The number of carbonyl (C=O) groups is 1. The molecule has 0 amide bonds. The Kier molecular flexibility index (Phi) is 4.04. The number of carbonyl (C=O) groups excluding carboxylic acids is 1. The number of Topliss-reactive ketones (excluding diaryl/α,β-unsaturated/α-hetero) is 1. The molecular weight excluding hydrogens is 276 g/mol. The summed E-state index contributed by atoms with van der Waals surface area (Å²) in [7, 11) is -3.23. The topological polar surface area (TPSA) is 69.0 Å². The fourth-order valence-electron chi connectivity index (χ4n) is 1.85. The van der Waals surface area contributed by atoms with E-state index in [1.165, 1.54) is 12.1 Å². The van der Waals surface area contributed by atoms with Crippen LogP contribution in [-0.2, 0) is 22.8 Å². The Morgan fingerprint density at radius 3 is 2.40 bits per heavy atom. The number of rotatable bonds is 5. The van der Waals surface area contributed by atoms with Crippen LogP contribution in [0, 0.1) is 0 Å². The van der Waals surface area contributed by atoms with Crippen molar-refractivity contribution < 1.29 is 13.2 Å². The van der Waals surface area contributed by atoms with E-state index in [4.69, 9.17) is 0 Å². The molecule has 106 valence electrons. The highest BCUT2D eigenvalue weighted by atomic mass is 32.2. The van der Waals surface area contributed by atoms with Crippen molar-refractivity contribution in [3.05, 3.63) is 47.8 Å². The Morgan fingerprint density at radius 2 is 1.90 bits per heavy atom. The summed E-state index contributed by atoms with van der Waals surface area (Å²) in [6, 6.07) is 6.00. The van der Waals surface area contributed by atoms with Crippen LogP contribution in [0.3, 0.4) is 0 Å². The van der Waals surface area contributed by atoms with Crippen molar-refractivity contribution in [3.8, 4) is 0 Å². The second kappa shape index (κ2) is 5.58. The van der Waals surface area contributed by atoms with Gasteiger partial charge in [-0.15, -0.1) is 0 Å². The molecule has 0 aliphatic heterocycles. The second-order valence-electron chi connectivity index (χ2n) is 4.60. The maximum Gasteiger partial charge on any atom is 0.175 e. The minimum atomic E-state index is -3.23. The van der Waals surface area contributed by atoms with E-state index < -0.39 is 9.84 Å². The highest BCUT2D eigenvalue weighted by molar-refractivity contribution is 7.90. The number of hydrogen-bond donors (Lipinski definition) is 0. The van der Waals surface area contributed by atoms with E-state index in [0.29, 0.717) is 5.56 Å². The van der Waals surface area contributed by atoms with Crippen LogP contribution >= 0.6 is 0 Å². The predicted molar refractivity (Wildman–Crippen MR) is 75.5 cm³/mol. The van der Waals surface area contributed by atoms with Crippen molar-refractivity contribution in [2.45, 2.75) is 24.8 Å². The van der Waals surface area contributed by atoms with Gasteiger partial charge in [0.05, 0.1) is 11.1 Å². The van der Waals surface area contributed by atoms with Crippen LogP contribution in [0.4, 0.5) is 0 Å². The number of hydrogen-bond acceptors (Lipinski definition) is 4. The van der Waals surface area contributed by atoms with Crippen molar-refractivity contribution in [1.29, 1.82) is 0 Å². The zero-order chi connectivity index (χ0) is 14.8. The molecule has 5 nitrogen and oxygen atoms in total. The van der Waals surface area contributed by atoms with Crippen LogP contribution in [0.5, 0.6) is 0 Å². The van der Waals surface area contributed by atoms with Crippen molar-refractivity contribution in [3.63, 3.8) is 0 Å². The molecule has 0 fully saturated rings. The number of nitrogens with zero attached hydrogens (tertiary/aromatic N) is 2. The molecule has 1 heterocycles. The van der Waals surface area contributed by atoms with Gasteiger partial charge in [-0.25, -0.2) is 8.42 Å². The van der Waals surface area contributed by atoms with Gasteiger partial charge in [-0.1, -0.05) is 12.1 Å². The minimum Gasteiger partial charge on any atom is -0.294 e. The molecule has 0 radical (unpaired) electrons. The molecule has 0 saturated heterocycles. The summed E-state index contributed by atoms with van der Waals surface area (Å²) in [6.45, 7) is 2.74. The molecule has 0 N–H and O–H groups in total. The molecule has 0 aliphatic rings. The van der Waals surface area contributed by atoms with E-state index in [-0.39, 0.29) is 17.1 Å². The first-order chi connectivity index (χ1) is 9.40. The number of ketones is 1. The van der Waals surface area contributed by atoms with Crippen molar-refractivity contribution in [2.24, 2.45) is 0 Å². The summed E-state index contributed by atoms with van der Waals surface area (Å²) in [4.78, 5) is 12.3. The highest BCUT2D eigenvalue weighted by Crippen LogP contribution is 2.12. The number of benzene rings is 1. The van der Waals surface area contributed by atoms with E-state index in [2.05, 4.69) is 5.10 Å². The first kappa shape index (κ1) is 14.5. The van der Waals surface area contributed by atoms with Crippen LogP contribution in [0.25, 0.3) is 0 Å². The van der Waals surface area contributed by atoms with Crippen LogP contribution < -0.4 is 0 Å². The molecule has 0 saturated carbocycles. The van der Waals surface area contributed by atoms with Gasteiger partial charge >= 0.3 is 0 Å². The Hall–Kier alpha value is -1.95. The van der Waals surface area contributed by atoms with Gasteiger partial charge in [0.15, 0.2) is 15.6 Å². The monoisotopic (exact) mass is 292 g/mol. The van der Waals surface area contributed by atoms with Crippen molar-refractivity contribution >= 4 is 15.6 Å². The minimum absolute atomic E-state index is 0.0549. The van der Waals surface area contributed by atoms with Gasteiger partial charge in [0.25, 0.3) is 0 Å². The molecule has 0 bridgehead atoms. The Labute approximate surface area is 118 Å². The average Bonchev–Trinajstić information content (AvgIpc) is 2.85. The molecule has 0 spiro atoms. The third kappa shape index (κ3) is 3.33. The van der Waals surface area contributed by atoms with Gasteiger partial charge in [-0.3, -0.25) is 9.48 Å². The van der Waals surface area contributed by atoms with E-state index in [9.17, 15) is 13.2 Å². The Morgan fingerprint density at radius 1 is 1.25 bits per heavy atom. The molecule has 0 unspecified atom stereocenters. The van der Waals surface area contributed by atoms with Crippen molar-refractivity contribution in [1.82, 2.24) is 9.78 Å². The zero-order valence-corrected chi connectivity index (χ0v) is 12.2.